The third kappa shape index (κ3) is 2.52. The lowest BCUT2D eigenvalue weighted by Gasteiger charge is -2.27. The maximum absolute atomic E-state index is 9.64. The molecule has 1 aliphatic heterocycles. The molecular formula is C15H21NO2. The molecule has 0 radical (unpaired) electrons. The highest BCUT2D eigenvalue weighted by molar-refractivity contribution is 5.38. The van der Waals surface area contributed by atoms with Gasteiger partial charge in [-0.3, -0.25) is 0 Å². The maximum Gasteiger partial charge on any atom is 0.115 e. The topological polar surface area (TPSA) is 41.5 Å². The highest BCUT2D eigenvalue weighted by Crippen LogP contribution is 2.32. The van der Waals surface area contributed by atoms with E-state index in [1.165, 1.54) is 30.4 Å². The molecular weight excluding hydrogens is 226 g/mol. The molecule has 0 spiro atoms. The fourth-order valence-corrected chi connectivity index (χ4v) is 3.05. The summed E-state index contributed by atoms with van der Waals surface area (Å²) in [5.41, 5.74) is 2.68. The number of hydrogen-bond acceptors (Lipinski definition) is 3. The van der Waals surface area contributed by atoms with Gasteiger partial charge in [0, 0.05) is 19.2 Å². The number of fused-ring (bicyclic) bond motifs is 1. The molecule has 1 fully saturated rings. The van der Waals surface area contributed by atoms with Crippen LogP contribution < -0.4 is 5.32 Å². The molecule has 2 atom stereocenters. The van der Waals surface area contributed by atoms with Gasteiger partial charge in [0.05, 0.1) is 6.61 Å². The lowest BCUT2D eigenvalue weighted by atomic mass is 9.87. The summed E-state index contributed by atoms with van der Waals surface area (Å²) in [6, 6.07) is 6.20. The van der Waals surface area contributed by atoms with Crippen LogP contribution in [0.2, 0.25) is 0 Å². The number of aromatic hydroxyl groups is 1. The van der Waals surface area contributed by atoms with E-state index in [0.29, 0.717) is 17.7 Å². The van der Waals surface area contributed by atoms with E-state index in [2.05, 4.69) is 11.4 Å². The Bertz CT molecular complexity index is 413. The average molecular weight is 247 g/mol. The van der Waals surface area contributed by atoms with E-state index in [1.54, 1.807) is 6.07 Å². The van der Waals surface area contributed by atoms with Crippen molar-refractivity contribution in [2.24, 2.45) is 5.92 Å². The van der Waals surface area contributed by atoms with Crippen LogP contribution in [0.15, 0.2) is 18.2 Å². The standard InChI is InChI=1S/C15H21NO2/c17-13-5-4-12-2-1-3-15(14(12)8-13)16-9-11-6-7-18-10-11/h4-5,8,11,15-17H,1-3,6-7,9-10H2. The van der Waals surface area contributed by atoms with Crippen LogP contribution in [0.3, 0.4) is 0 Å². The second kappa shape index (κ2) is 5.29. The molecule has 2 aliphatic rings. The Labute approximate surface area is 108 Å². The van der Waals surface area contributed by atoms with E-state index in [9.17, 15) is 5.11 Å². The zero-order valence-corrected chi connectivity index (χ0v) is 10.7. The number of benzene rings is 1. The van der Waals surface area contributed by atoms with E-state index < -0.39 is 0 Å². The van der Waals surface area contributed by atoms with Crippen molar-refractivity contribution in [2.75, 3.05) is 19.8 Å². The number of phenols is 1. The predicted octanol–water partition coefficient (Wildman–Crippen LogP) is 2.40. The van der Waals surface area contributed by atoms with Gasteiger partial charge in [0.2, 0.25) is 0 Å². The number of ether oxygens (including phenoxy) is 1. The van der Waals surface area contributed by atoms with E-state index >= 15 is 0 Å². The molecule has 18 heavy (non-hydrogen) atoms. The molecule has 1 aromatic carbocycles. The summed E-state index contributed by atoms with van der Waals surface area (Å²) in [5, 5.41) is 13.3. The molecule has 2 N–H and O–H groups in total. The molecule has 2 unspecified atom stereocenters. The number of phenolic OH excluding ortho intramolecular Hbond substituents is 1. The monoisotopic (exact) mass is 247 g/mol. The van der Waals surface area contributed by atoms with Gasteiger partial charge >= 0.3 is 0 Å². The molecule has 1 aromatic rings. The summed E-state index contributed by atoms with van der Waals surface area (Å²) in [7, 11) is 0. The van der Waals surface area contributed by atoms with Crippen LogP contribution in [0.5, 0.6) is 5.75 Å². The Morgan fingerprint density at radius 2 is 2.28 bits per heavy atom. The third-order valence-electron chi connectivity index (χ3n) is 4.12. The van der Waals surface area contributed by atoms with Crippen LogP contribution in [0.1, 0.15) is 36.4 Å². The zero-order valence-electron chi connectivity index (χ0n) is 10.7. The fourth-order valence-electron chi connectivity index (χ4n) is 3.05. The Balaban J connectivity index is 1.68. The van der Waals surface area contributed by atoms with Crippen LogP contribution >= 0.6 is 0 Å². The molecule has 3 rings (SSSR count). The van der Waals surface area contributed by atoms with Crippen molar-refractivity contribution >= 4 is 0 Å². The third-order valence-corrected chi connectivity index (χ3v) is 4.12. The van der Waals surface area contributed by atoms with Gasteiger partial charge < -0.3 is 15.2 Å². The largest absolute Gasteiger partial charge is 0.508 e. The second-order valence-corrected chi connectivity index (χ2v) is 5.47. The molecule has 1 saturated heterocycles. The molecule has 3 nitrogen and oxygen atoms in total. The van der Waals surface area contributed by atoms with Gasteiger partial charge in [-0.1, -0.05) is 6.07 Å². The van der Waals surface area contributed by atoms with Crippen molar-refractivity contribution in [3.05, 3.63) is 29.3 Å². The molecule has 0 amide bonds. The van der Waals surface area contributed by atoms with Crippen LogP contribution in [0, 0.1) is 5.92 Å². The first-order chi connectivity index (χ1) is 8.83. The van der Waals surface area contributed by atoms with E-state index in [4.69, 9.17) is 4.74 Å². The fraction of sp³-hybridized carbons (Fsp3) is 0.600. The molecule has 3 heteroatoms. The molecule has 1 heterocycles. The van der Waals surface area contributed by atoms with Crippen LogP contribution in [-0.2, 0) is 11.2 Å². The van der Waals surface area contributed by atoms with Gasteiger partial charge in [0.15, 0.2) is 0 Å². The van der Waals surface area contributed by atoms with Crippen molar-refractivity contribution in [1.29, 1.82) is 0 Å². The van der Waals surface area contributed by atoms with Gasteiger partial charge in [0.25, 0.3) is 0 Å². The Hall–Kier alpha value is -1.06. The van der Waals surface area contributed by atoms with Gasteiger partial charge in [-0.2, -0.15) is 0 Å². The van der Waals surface area contributed by atoms with Crippen molar-refractivity contribution in [3.63, 3.8) is 0 Å². The van der Waals surface area contributed by atoms with Gasteiger partial charge in [0.1, 0.15) is 5.75 Å². The quantitative estimate of drug-likeness (QED) is 0.861. The average Bonchev–Trinajstić information content (AvgIpc) is 2.89. The number of nitrogens with one attached hydrogen (secondary N) is 1. The lowest BCUT2D eigenvalue weighted by molar-refractivity contribution is 0.184. The van der Waals surface area contributed by atoms with Crippen LogP contribution in [0.25, 0.3) is 0 Å². The van der Waals surface area contributed by atoms with Crippen LogP contribution in [0.4, 0.5) is 0 Å². The summed E-state index contributed by atoms with van der Waals surface area (Å²) >= 11 is 0. The van der Waals surface area contributed by atoms with Gasteiger partial charge in [-0.25, -0.2) is 0 Å². The first-order valence-electron chi connectivity index (χ1n) is 6.96. The second-order valence-electron chi connectivity index (χ2n) is 5.47. The SMILES string of the molecule is Oc1ccc2c(c1)C(NCC1CCOC1)CCC2. The summed E-state index contributed by atoms with van der Waals surface area (Å²) < 4.78 is 5.41. The summed E-state index contributed by atoms with van der Waals surface area (Å²) in [4.78, 5) is 0. The highest BCUT2D eigenvalue weighted by Gasteiger charge is 2.22. The van der Waals surface area contributed by atoms with Crippen molar-refractivity contribution in [3.8, 4) is 5.75 Å². The number of rotatable bonds is 3. The van der Waals surface area contributed by atoms with Gasteiger partial charge in [-0.15, -0.1) is 0 Å². The molecule has 0 saturated carbocycles. The minimum Gasteiger partial charge on any atom is -0.508 e. The minimum atomic E-state index is 0.381. The summed E-state index contributed by atoms with van der Waals surface area (Å²) in [5.74, 6) is 1.04. The van der Waals surface area contributed by atoms with Crippen molar-refractivity contribution < 1.29 is 9.84 Å². The minimum absolute atomic E-state index is 0.381. The molecule has 0 bridgehead atoms. The Kier molecular flexibility index (Phi) is 3.52. The van der Waals surface area contributed by atoms with E-state index in [1.807, 2.05) is 6.07 Å². The highest BCUT2D eigenvalue weighted by atomic mass is 16.5. The van der Waals surface area contributed by atoms with Crippen molar-refractivity contribution in [1.82, 2.24) is 5.32 Å². The van der Waals surface area contributed by atoms with Crippen molar-refractivity contribution in [2.45, 2.75) is 31.7 Å². The maximum atomic E-state index is 9.64. The molecule has 0 aromatic heterocycles. The lowest BCUT2D eigenvalue weighted by Crippen LogP contribution is -2.30. The van der Waals surface area contributed by atoms with Crippen LogP contribution in [-0.4, -0.2) is 24.9 Å². The van der Waals surface area contributed by atoms with Gasteiger partial charge in [-0.05, 0) is 54.9 Å². The summed E-state index contributed by atoms with van der Waals surface area (Å²) in [6.07, 6.45) is 4.72. The normalized spacial score (nSPS) is 27.1. The van der Waals surface area contributed by atoms with E-state index in [-0.39, 0.29) is 0 Å². The Morgan fingerprint density at radius 1 is 1.33 bits per heavy atom. The Morgan fingerprint density at radius 3 is 3.11 bits per heavy atom. The first kappa shape index (κ1) is 12.0. The van der Waals surface area contributed by atoms with E-state index in [0.717, 1.165) is 26.2 Å². The number of aryl methyl sites for hydroxylation is 1. The summed E-state index contributed by atoms with van der Waals surface area (Å²) in [6.45, 7) is 2.83. The molecule has 98 valence electrons. The molecule has 1 aliphatic carbocycles. The number of hydrogen-bond donors (Lipinski definition) is 2. The zero-order chi connectivity index (χ0) is 12.4. The smallest absolute Gasteiger partial charge is 0.115 e. The first-order valence-corrected chi connectivity index (χ1v) is 6.96. The predicted molar refractivity (Wildman–Crippen MR) is 70.7 cm³/mol.